The summed E-state index contributed by atoms with van der Waals surface area (Å²) in [6.07, 6.45) is 0. The monoisotopic (exact) mass is 638 g/mol. The maximum absolute atomic E-state index is 4.04. The van der Waals surface area contributed by atoms with E-state index in [9.17, 15) is 0 Å². The number of halogens is 1. The minimum absolute atomic E-state index is 1.05. The third-order valence-electron chi connectivity index (χ3n) is 8.98. The molecule has 0 bridgehead atoms. The Hall–Kier alpha value is -5.38. The second-order valence-corrected chi connectivity index (χ2v) is 12.4. The van der Waals surface area contributed by atoms with Gasteiger partial charge in [0.05, 0.1) is 27.8 Å². The maximum Gasteiger partial charge on any atom is 0.0611 e. The van der Waals surface area contributed by atoms with Crippen LogP contribution < -0.4 is 0 Å². The van der Waals surface area contributed by atoms with Crippen molar-refractivity contribution in [1.29, 1.82) is 0 Å². The Morgan fingerprint density at radius 3 is 1.42 bits per heavy atom. The SMILES string of the molecule is Brc1cc2c(cc1-n1c3ccc(-c4ccccc4)cc3c3cc(-c4ccccc4)ccc31)c1ccccc1n2-c1ccccc1. The molecule has 45 heavy (non-hydrogen) atoms. The first kappa shape index (κ1) is 26.1. The predicted octanol–water partition coefficient (Wildman–Crippen LogP) is 12.0. The Morgan fingerprint density at radius 2 is 0.822 bits per heavy atom. The van der Waals surface area contributed by atoms with Crippen LogP contribution in [0.1, 0.15) is 0 Å². The highest BCUT2D eigenvalue weighted by Crippen LogP contribution is 2.41. The van der Waals surface area contributed by atoms with Gasteiger partial charge in [-0.05, 0) is 92.8 Å². The van der Waals surface area contributed by atoms with E-state index < -0.39 is 0 Å². The molecule has 0 saturated heterocycles. The predicted molar refractivity (Wildman–Crippen MR) is 194 cm³/mol. The van der Waals surface area contributed by atoms with Crippen LogP contribution in [0.15, 0.2) is 168 Å². The number of benzene rings is 7. The molecular formula is C42H27BrN2. The maximum atomic E-state index is 4.04. The molecule has 0 unspecified atom stereocenters. The van der Waals surface area contributed by atoms with Crippen LogP contribution in [0.5, 0.6) is 0 Å². The van der Waals surface area contributed by atoms with E-state index >= 15 is 0 Å². The second-order valence-electron chi connectivity index (χ2n) is 11.5. The normalized spacial score (nSPS) is 11.7. The zero-order valence-electron chi connectivity index (χ0n) is 24.4. The first-order chi connectivity index (χ1) is 22.2. The van der Waals surface area contributed by atoms with Crippen molar-refractivity contribution in [2.75, 3.05) is 0 Å². The molecule has 0 radical (unpaired) electrons. The highest BCUT2D eigenvalue weighted by molar-refractivity contribution is 9.10. The number of nitrogens with zero attached hydrogens (tertiary/aromatic N) is 2. The van der Waals surface area contributed by atoms with Gasteiger partial charge >= 0.3 is 0 Å². The van der Waals surface area contributed by atoms with Gasteiger partial charge in [0.2, 0.25) is 0 Å². The average Bonchev–Trinajstić information content (AvgIpc) is 3.60. The Morgan fingerprint density at radius 1 is 0.333 bits per heavy atom. The van der Waals surface area contributed by atoms with Gasteiger partial charge < -0.3 is 9.13 Å². The quantitative estimate of drug-likeness (QED) is 0.181. The molecule has 0 aliphatic rings. The van der Waals surface area contributed by atoms with Crippen molar-refractivity contribution in [3.8, 4) is 33.6 Å². The van der Waals surface area contributed by atoms with Gasteiger partial charge in [-0.3, -0.25) is 0 Å². The number of para-hydroxylation sites is 2. The molecule has 0 saturated carbocycles. The number of rotatable bonds is 4. The second kappa shape index (κ2) is 10.4. The molecule has 0 fully saturated rings. The summed E-state index contributed by atoms with van der Waals surface area (Å²) < 4.78 is 5.84. The Kier molecular flexibility index (Phi) is 6.00. The van der Waals surface area contributed by atoms with Crippen LogP contribution >= 0.6 is 15.9 Å². The highest BCUT2D eigenvalue weighted by Gasteiger charge is 2.19. The lowest BCUT2D eigenvalue weighted by Gasteiger charge is -2.13. The van der Waals surface area contributed by atoms with Crippen molar-refractivity contribution < 1.29 is 0 Å². The van der Waals surface area contributed by atoms with Crippen LogP contribution in [0.4, 0.5) is 0 Å². The lowest BCUT2D eigenvalue weighted by Crippen LogP contribution is -1.97. The van der Waals surface area contributed by atoms with E-state index in [0.717, 1.165) is 15.8 Å². The molecule has 9 rings (SSSR count). The Labute approximate surface area is 269 Å². The Bertz CT molecular complexity index is 2430. The van der Waals surface area contributed by atoms with Crippen molar-refractivity contribution >= 4 is 59.5 Å². The molecule has 2 heterocycles. The fourth-order valence-corrected chi connectivity index (χ4v) is 7.42. The van der Waals surface area contributed by atoms with E-state index in [4.69, 9.17) is 0 Å². The molecule has 0 spiro atoms. The topological polar surface area (TPSA) is 9.86 Å². The molecule has 0 N–H and O–H groups in total. The van der Waals surface area contributed by atoms with Gasteiger partial charge in [0.1, 0.15) is 0 Å². The van der Waals surface area contributed by atoms with E-state index in [1.54, 1.807) is 0 Å². The summed E-state index contributed by atoms with van der Waals surface area (Å²) in [5.41, 5.74) is 11.9. The van der Waals surface area contributed by atoms with Crippen molar-refractivity contribution in [3.05, 3.63) is 168 Å². The lowest BCUT2D eigenvalue weighted by molar-refractivity contribution is 1.16. The summed E-state index contributed by atoms with van der Waals surface area (Å²) in [4.78, 5) is 0. The van der Waals surface area contributed by atoms with Gasteiger partial charge in [-0.1, -0.05) is 109 Å². The van der Waals surface area contributed by atoms with Crippen LogP contribution in [-0.2, 0) is 0 Å². The summed E-state index contributed by atoms with van der Waals surface area (Å²) in [6, 6.07) is 59.0. The number of aromatic nitrogens is 2. The first-order valence-electron chi connectivity index (χ1n) is 15.2. The number of fused-ring (bicyclic) bond motifs is 6. The molecule has 0 aliphatic carbocycles. The van der Waals surface area contributed by atoms with Crippen molar-refractivity contribution in [1.82, 2.24) is 9.13 Å². The Balaban J connectivity index is 1.35. The van der Waals surface area contributed by atoms with E-state index in [2.05, 4.69) is 189 Å². The lowest BCUT2D eigenvalue weighted by atomic mass is 10.0. The van der Waals surface area contributed by atoms with Gasteiger partial charge in [-0.25, -0.2) is 0 Å². The van der Waals surface area contributed by atoms with Crippen molar-refractivity contribution in [2.24, 2.45) is 0 Å². The fraction of sp³-hybridized carbons (Fsp3) is 0. The minimum Gasteiger partial charge on any atom is -0.309 e. The van der Waals surface area contributed by atoms with E-state index in [1.165, 1.54) is 65.9 Å². The zero-order chi connectivity index (χ0) is 29.9. The largest absolute Gasteiger partial charge is 0.309 e. The third-order valence-corrected chi connectivity index (χ3v) is 9.61. The molecular weight excluding hydrogens is 612 g/mol. The molecule has 7 aromatic carbocycles. The molecule has 9 aromatic rings. The summed E-state index contributed by atoms with van der Waals surface area (Å²) in [7, 11) is 0. The fourth-order valence-electron chi connectivity index (χ4n) is 6.91. The summed E-state index contributed by atoms with van der Waals surface area (Å²) in [5.74, 6) is 0. The van der Waals surface area contributed by atoms with Gasteiger partial charge in [0.15, 0.2) is 0 Å². The smallest absolute Gasteiger partial charge is 0.0611 e. The van der Waals surface area contributed by atoms with Crippen LogP contribution in [0.3, 0.4) is 0 Å². The minimum atomic E-state index is 1.05. The highest BCUT2D eigenvalue weighted by atomic mass is 79.9. The van der Waals surface area contributed by atoms with Crippen LogP contribution in [0.2, 0.25) is 0 Å². The van der Waals surface area contributed by atoms with Crippen molar-refractivity contribution in [3.63, 3.8) is 0 Å². The first-order valence-corrected chi connectivity index (χ1v) is 16.0. The summed E-state index contributed by atoms with van der Waals surface area (Å²) in [5, 5.41) is 4.94. The standard InChI is InChI=1S/C42H27BrN2/c43-37-27-41-36(33-18-10-11-19-38(33)44(41)32-16-8-3-9-17-32)26-42(37)45-39-22-20-30(28-12-4-1-5-13-28)24-34(39)35-25-31(21-23-40(35)45)29-14-6-2-7-15-29/h1-27H. The van der Waals surface area contributed by atoms with Gasteiger partial charge in [-0.15, -0.1) is 0 Å². The average molecular weight is 640 g/mol. The third kappa shape index (κ3) is 4.16. The zero-order valence-corrected chi connectivity index (χ0v) is 25.9. The van der Waals surface area contributed by atoms with Crippen LogP contribution in [-0.4, -0.2) is 9.13 Å². The van der Waals surface area contributed by atoms with Crippen LogP contribution in [0, 0.1) is 0 Å². The van der Waals surface area contributed by atoms with E-state index in [-0.39, 0.29) is 0 Å². The molecule has 2 nitrogen and oxygen atoms in total. The molecule has 0 aliphatic heterocycles. The van der Waals surface area contributed by atoms with E-state index in [1.807, 2.05) is 0 Å². The number of hydrogen-bond donors (Lipinski definition) is 0. The van der Waals surface area contributed by atoms with E-state index in [0.29, 0.717) is 0 Å². The molecule has 0 amide bonds. The van der Waals surface area contributed by atoms with Crippen molar-refractivity contribution in [2.45, 2.75) is 0 Å². The van der Waals surface area contributed by atoms with Crippen LogP contribution in [0.25, 0.3) is 77.2 Å². The summed E-state index contributed by atoms with van der Waals surface area (Å²) >= 11 is 4.04. The molecule has 2 aromatic heterocycles. The molecule has 3 heteroatoms. The van der Waals surface area contributed by atoms with Gasteiger partial charge in [0.25, 0.3) is 0 Å². The van der Waals surface area contributed by atoms with Gasteiger partial charge in [0, 0.05) is 31.7 Å². The van der Waals surface area contributed by atoms with Gasteiger partial charge in [-0.2, -0.15) is 0 Å². The summed E-state index contributed by atoms with van der Waals surface area (Å²) in [6.45, 7) is 0. The molecule has 212 valence electrons. The number of hydrogen-bond acceptors (Lipinski definition) is 0. The molecule has 0 atom stereocenters.